The predicted molar refractivity (Wildman–Crippen MR) is 94.6 cm³/mol. The Hall–Kier alpha value is -3.46. The number of amides is 1. The van der Waals surface area contributed by atoms with Gasteiger partial charge in [0.15, 0.2) is 5.76 Å². The van der Waals surface area contributed by atoms with Crippen molar-refractivity contribution < 1.29 is 18.9 Å². The third-order valence-electron chi connectivity index (χ3n) is 4.31. The van der Waals surface area contributed by atoms with Gasteiger partial charge in [0.25, 0.3) is 11.6 Å². The Morgan fingerprint density at radius 3 is 2.52 bits per heavy atom. The summed E-state index contributed by atoms with van der Waals surface area (Å²) >= 11 is 0. The van der Waals surface area contributed by atoms with Crippen molar-refractivity contribution in [2.75, 3.05) is 26.3 Å². The highest BCUT2D eigenvalue weighted by molar-refractivity contribution is 5.94. The number of hydrogen-bond acceptors (Lipinski definition) is 6. The molecule has 1 aromatic carbocycles. The minimum atomic E-state index is -0.471. The molecule has 1 aliphatic heterocycles. The van der Waals surface area contributed by atoms with Gasteiger partial charge in [0.05, 0.1) is 30.1 Å². The fourth-order valence-electron chi connectivity index (χ4n) is 2.92. The van der Waals surface area contributed by atoms with Crippen molar-refractivity contribution in [3.63, 3.8) is 0 Å². The first-order valence-electron chi connectivity index (χ1n) is 8.39. The summed E-state index contributed by atoms with van der Waals surface area (Å²) in [6, 6.07) is 11.0. The van der Waals surface area contributed by atoms with Gasteiger partial charge in [0.2, 0.25) is 0 Å². The first-order valence-corrected chi connectivity index (χ1v) is 8.39. The molecular weight excluding hydrogens is 352 g/mol. The van der Waals surface area contributed by atoms with Gasteiger partial charge in [-0.15, -0.1) is 0 Å². The van der Waals surface area contributed by atoms with Crippen molar-refractivity contribution in [2.45, 2.75) is 0 Å². The van der Waals surface area contributed by atoms with Crippen LogP contribution in [0.1, 0.15) is 10.5 Å². The number of benzene rings is 1. The van der Waals surface area contributed by atoms with E-state index >= 15 is 0 Å². The molecule has 3 aromatic rings. The minimum absolute atomic E-state index is 0.0294. The lowest BCUT2D eigenvalue weighted by Crippen LogP contribution is -2.41. The van der Waals surface area contributed by atoms with E-state index in [0.29, 0.717) is 49.1 Å². The van der Waals surface area contributed by atoms with Gasteiger partial charge < -0.3 is 14.1 Å². The molecule has 2 aromatic heterocycles. The van der Waals surface area contributed by atoms with Crippen molar-refractivity contribution in [2.24, 2.45) is 0 Å². The third kappa shape index (κ3) is 3.32. The highest BCUT2D eigenvalue weighted by Gasteiger charge is 2.25. The second-order valence-electron chi connectivity index (χ2n) is 5.98. The molecular formula is C18H16N4O5. The van der Waals surface area contributed by atoms with Crippen LogP contribution in [0.15, 0.2) is 53.1 Å². The molecule has 0 spiro atoms. The van der Waals surface area contributed by atoms with Crippen molar-refractivity contribution in [1.29, 1.82) is 0 Å². The lowest BCUT2D eigenvalue weighted by molar-refractivity contribution is -0.384. The maximum Gasteiger partial charge on any atom is 0.272 e. The molecule has 0 aliphatic carbocycles. The summed E-state index contributed by atoms with van der Waals surface area (Å²) in [5.41, 5.74) is 1.39. The van der Waals surface area contributed by atoms with Crippen molar-refractivity contribution in [3.05, 3.63) is 64.5 Å². The summed E-state index contributed by atoms with van der Waals surface area (Å²) in [4.78, 5) is 25.1. The Kier molecular flexibility index (Phi) is 4.43. The predicted octanol–water partition coefficient (Wildman–Crippen LogP) is 2.51. The topological polar surface area (TPSA) is 104 Å². The number of carbonyl (C=O) groups excluding carboxylic acids is 1. The molecule has 3 heterocycles. The first-order chi connectivity index (χ1) is 13.1. The number of hydrogen-bond donors (Lipinski definition) is 0. The van der Waals surface area contributed by atoms with Crippen LogP contribution in [0.3, 0.4) is 0 Å². The summed E-state index contributed by atoms with van der Waals surface area (Å²) < 4.78 is 12.2. The molecule has 1 aliphatic rings. The molecule has 0 unspecified atom stereocenters. The van der Waals surface area contributed by atoms with E-state index in [0.717, 1.165) is 0 Å². The molecule has 0 N–H and O–H groups in total. The van der Waals surface area contributed by atoms with Crippen LogP contribution in [0, 0.1) is 10.1 Å². The Morgan fingerprint density at radius 1 is 1.15 bits per heavy atom. The number of aromatic nitrogens is 2. The molecule has 1 saturated heterocycles. The van der Waals surface area contributed by atoms with Crippen LogP contribution in [0.25, 0.3) is 17.1 Å². The number of ether oxygens (including phenoxy) is 1. The van der Waals surface area contributed by atoms with E-state index < -0.39 is 4.92 Å². The Morgan fingerprint density at radius 2 is 1.89 bits per heavy atom. The summed E-state index contributed by atoms with van der Waals surface area (Å²) in [5, 5.41) is 15.4. The number of rotatable bonds is 4. The van der Waals surface area contributed by atoms with E-state index in [2.05, 4.69) is 5.10 Å². The Labute approximate surface area is 153 Å². The van der Waals surface area contributed by atoms with Gasteiger partial charge in [0, 0.05) is 31.3 Å². The Balaban J connectivity index is 1.76. The van der Waals surface area contributed by atoms with Crippen LogP contribution in [-0.4, -0.2) is 51.8 Å². The number of carbonyl (C=O) groups is 1. The van der Waals surface area contributed by atoms with Crippen molar-refractivity contribution >= 4 is 11.6 Å². The third-order valence-corrected chi connectivity index (χ3v) is 4.31. The van der Waals surface area contributed by atoms with Crippen LogP contribution < -0.4 is 0 Å². The number of non-ortho nitro benzene ring substituents is 1. The van der Waals surface area contributed by atoms with Crippen LogP contribution in [-0.2, 0) is 4.74 Å². The van der Waals surface area contributed by atoms with Crippen LogP contribution in [0.5, 0.6) is 0 Å². The zero-order valence-electron chi connectivity index (χ0n) is 14.3. The van der Waals surface area contributed by atoms with E-state index in [-0.39, 0.29) is 11.6 Å². The average molecular weight is 368 g/mol. The van der Waals surface area contributed by atoms with Gasteiger partial charge in [-0.25, -0.2) is 4.68 Å². The summed E-state index contributed by atoms with van der Waals surface area (Å²) in [7, 11) is 0. The molecule has 27 heavy (non-hydrogen) atoms. The SMILES string of the molecule is O=C(c1cc(-c2ccco2)nn1-c1ccc([N+](=O)[O-])cc1)N1CCOCC1. The molecule has 0 bridgehead atoms. The van der Waals surface area contributed by atoms with Gasteiger partial charge in [-0.2, -0.15) is 5.10 Å². The largest absolute Gasteiger partial charge is 0.463 e. The van der Waals surface area contributed by atoms with Crippen molar-refractivity contribution in [1.82, 2.24) is 14.7 Å². The van der Waals surface area contributed by atoms with E-state index in [9.17, 15) is 14.9 Å². The van der Waals surface area contributed by atoms with E-state index in [1.54, 1.807) is 35.2 Å². The fraction of sp³-hybridized carbons (Fsp3) is 0.222. The van der Waals surface area contributed by atoms with E-state index in [1.807, 2.05) is 0 Å². The molecule has 138 valence electrons. The standard InChI is InChI=1S/C18H16N4O5/c23-18(20-7-10-26-11-8-20)16-12-15(17-2-1-9-27-17)19-21(16)13-3-5-14(6-4-13)22(24)25/h1-6,9,12H,7-8,10-11H2. The second kappa shape index (κ2) is 7.04. The molecule has 9 heteroatoms. The number of nitro groups is 1. The maximum absolute atomic E-state index is 13.0. The molecule has 0 saturated carbocycles. The van der Waals surface area contributed by atoms with Gasteiger partial charge >= 0.3 is 0 Å². The van der Waals surface area contributed by atoms with Gasteiger partial charge in [-0.05, 0) is 24.3 Å². The van der Waals surface area contributed by atoms with E-state index in [4.69, 9.17) is 9.15 Å². The average Bonchev–Trinajstić information content (AvgIpc) is 3.38. The summed E-state index contributed by atoms with van der Waals surface area (Å²) in [5.74, 6) is 0.355. The molecule has 0 atom stereocenters. The number of nitro benzene ring substituents is 1. The molecule has 1 amide bonds. The highest BCUT2D eigenvalue weighted by atomic mass is 16.6. The number of morpholine rings is 1. The highest BCUT2D eigenvalue weighted by Crippen LogP contribution is 2.24. The number of furan rings is 1. The van der Waals surface area contributed by atoms with Gasteiger partial charge in [0.1, 0.15) is 11.4 Å². The second-order valence-corrected chi connectivity index (χ2v) is 5.98. The lowest BCUT2D eigenvalue weighted by atomic mass is 10.2. The minimum Gasteiger partial charge on any atom is -0.463 e. The van der Waals surface area contributed by atoms with Gasteiger partial charge in [-0.3, -0.25) is 14.9 Å². The summed E-state index contributed by atoms with van der Waals surface area (Å²) in [6.07, 6.45) is 1.53. The zero-order chi connectivity index (χ0) is 18.8. The lowest BCUT2D eigenvalue weighted by Gasteiger charge is -2.26. The van der Waals surface area contributed by atoms with Gasteiger partial charge in [-0.1, -0.05) is 0 Å². The molecule has 1 fully saturated rings. The quantitative estimate of drug-likeness (QED) is 0.518. The zero-order valence-corrected chi connectivity index (χ0v) is 14.3. The summed E-state index contributed by atoms with van der Waals surface area (Å²) in [6.45, 7) is 1.98. The van der Waals surface area contributed by atoms with Crippen molar-refractivity contribution in [3.8, 4) is 17.1 Å². The molecule has 0 radical (unpaired) electrons. The monoisotopic (exact) mass is 368 g/mol. The normalized spacial score (nSPS) is 14.3. The van der Waals surface area contributed by atoms with Crippen LogP contribution in [0.4, 0.5) is 5.69 Å². The van der Waals surface area contributed by atoms with E-state index in [1.165, 1.54) is 23.1 Å². The maximum atomic E-state index is 13.0. The number of nitrogens with zero attached hydrogens (tertiary/aromatic N) is 4. The Bertz CT molecular complexity index is 956. The molecule has 9 nitrogen and oxygen atoms in total. The first kappa shape index (κ1) is 17.0. The molecule has 4 rings (SSSR count). The fourth-order valence-corrected chi connectivity index (χ4v) is 2.92. The van der Waals surface area contributed by atoms with Crippen LogP contribution >= 0.6 is 0 Å². The van der Waals surface area contributed by atoms with Crippen LogP contribution in [0.2, 0.25) is 0 Å². The smallest absolute Gasteiger partial charge is 0.272 e.